The van der Waals surface area contributed by atoms with Gasteiger partial charge in [0.15, 0.2) is 11.6 Å². The number of fused-ring (bicyclic) bond motifs is 1. The first kappa shape index (κ1) is 21.0. The van der Waals surface area contributed by atoms with Crippen LogP contribution in [0.15, 0.2) is 53.5 Å². The van der Waals surface area contributed by atoms with Crippen molar-refractivity contribution in [2.45, 2.75) is 18.9 Å². The predicted octanol–water partition coefficient (Wildman–Crippen LogP) is 2.62. The van der Waals surface area contributed by atoms with E-state index in [2.05, 4.69) is 15.3 Å². The summed E-state index contributed by atoms with van der Waals surface area (Å²) >= 11 is 0. The van der Waals surface area contributed by atoms with Crippen LogP contribution in [-0.2, 0) is 0 Å². The SMILES string of the molecule is N[C@@H]1CCCN(C(=O)c2ccc(-n3cc(-c4cc5cc(F)c(F)cc5[nH]c4=O)nn3)cc2)C1. The Morgan fingerprint density at radius 3 is 2.64 bits per heavy atom. The second-order valence-electron chi connectivity index (χ2n) is 8.11. The maximum absolute atomic E-state index is 13.6. The van der Waals surface area contributed by atoms with Gasteiger partial charge in [-0.25, -0.2) is 13.5 Å². The Hall–Kier alpha value is -3.92. The number of hydrogen-bond acceptors (Lipinski definition) is 5. The van der Waals surface area contributed by atoms with Gasteiger partial charge in [-0.3, -0.25) is 9.59 Å². The molecule has 1 amide bonds. The molecule has 168 valence electrons. The number of nitrogens with one attached hydrogen (secondary N) is 1. The molecule has 4 aromatic rings. The quantitative estimate of drug-likeness (QED) is 0.499. The number of halogens is 2. The van der Waals surface area contributed by atoms with Crippen LogP contribution < -0.4 is 11.3 Å². The number of carbonyl (C=O) groups is 1. The van der Waals surface area contributed by atoms with Crippen molar-refractivity contribution in [2.24, 2.45) is 5.73 Å². The summed E-state index contributed by atoms with van der Waals surface area (Å²) in [4.78, 5) is 29.5. The van der Waals surface area contributed by atoms with E-state index in [1.165, 1.54) is 10.7 Å². The van der Waals surface area contributed by atoms with Crippen LogP contribution in [-0.4, -0.2) is 49.9 Å². The van der Waals surface area contributed by atoms with Crippen LogP contribution >= 0.6 is 0 Å². The summed E-state index contributed by atoms with van der Waals surface area (Å²) in [5, 5.41) is 8.44. The van der Waals surface area contributed by atoms with Crippen LogP contribution in [0.3, 0.4) is 0 Å². The second-order valence-corrected chi connectivity index (χ2v) is 8.11. The molecule has 0 spiro atoms. The maximum Gasteiger partial charge on any atom is 0.258 e. The van der Waals surface area contributed by atoms with Crippen molar-refractivity contribution in [3.8, 4) is 16.9 Å². The number of aromatic nitrogens is 4. The number of pyridine rings is 1. The Bertz CT molecular complexity index is 1410. The topological polar surface area (TPSA) is 110 Å². The zero-order valence-corrected chi connectivity index (χ0v) is 17.5. The minimum absolute atomic E-state index is 0.00400. The molecule has 1 atom stereocenters. The molecule has 3 heterocycles. The van der Waals surface area contributed by atoms with E-state index in [0.717, 1.165) is 25.0 Å². The normalized spacial score (nSPS) is 16.3. The van der Waals surface area contributed by atoms with Gasteiger partial charge >= 0.3 is 0 Å². The van der Waals surface area contributed by atoms with E-state index in [9.17, 15) is 18.4 Å². The Kier molecular flexibility index (Phi) is 5.21. The molecule has 0 radical (unpaired) electrons. The fourth-order valence-corrected chi connectivity index (χ4v) is 4.04. The molecule has 0 bridgehead atoms. The molecule has 5 rings (SSSR count). The van der Waals surface area contributed by atoms with E-state index in [-0.39, 0.29) is 28.7 Å². The second kappa shape index (κ2) is 8.21. The number of benzene rings is 2. The minimum Gasteiger partial charge on any atom is -0.337 e. The highest BCUT2D eigenvalue weighted by atomic mass is 19.2. The monoisotopic (exact) mass is 450 g/mol. The first-order valence-electron chi connectivity index (χ1n) is 10.5. The molecule has 0 aliphatic carbocycles. The summed E-state index contributed by atoms with van der Waals surface area (Å²) in [6.07, 6.45) is 3.36. The number of likely N-dealkylation sites (tertiary alicyclic amines) is 1. The molecule has 2 aromatic heterocycles. The number of H-pyrrole nitrogens is 1. The molecule has 1 aliphatic rings. The van der Waals surface area contributed by atoms with Gasteiger partial charge in [-0.15, -0.1) is 5.10 Å². The zero-order valence-electron chi connectivity index (χ0n) is 17.5. The number of aromatic amines is 1. The van der Waals surface area contributed by atoms with Crippen molar-refractivity contribution in [1.29, 1.82) is 0 Å². The van der Waals surface area contributed by atoms with Crippen molar-refractivity contribution in [2.75, 3.05) is 13.1 Å². The number of amides is 1. The smallest absolute Gasteiger partial charge is 0.258 e. The Morgan fingerprint density at radius 1 is 1.12 bits per heavy atom. The Labute approximate surface area is 186 Å². The highest BCUT2D eigenvalue weighted by Crippen LogP contribution is 2.21. The lowest BCUT2D eigenvalue weighted by Crippen LogP contribution is -2.45. The van der Waals surface area contributed by atoms with E-state index in [4.69, 9.17) is 5.73 Å². The number of nitrogens with zero attached hydrogens (tertiary/aromatic N) is 4. The molecule has 3 N–H and O–H groups in total. The van der Waals surface area contributed by atoms with Crippen LogP contribution in [0.25, 0.3) is 27.8 Å². The number of carbonyl (C=O) groups excluding carboxylic acids is 1. The fourth-order valence-electron chi connectivity index (χ4n) is 4.04. The van der Waals surface area contributed by atoms with Gasteiger partial charge < -0.3 is 15.6 Å². The van der Waals surface area contributed by atoms with Gasteiger partial charge in [0, 0.05) is 36.1 Å². The van der Waals surface area contributed by atoms with Crippen LogP contribution in [0.2, 0.25) is 0 Å². The average Bonchev–Trinajstić information content (AvgIpc) is 3.29. The van der Waals surface area contributed by atoms with Gasteiger partial charge in [0.25, 0.3) is 11.5 Å². The van der Waals surface area contributed by atoms with Crippen LogP contribution in [0.4, 0.5) is 8.78 Å². The van der Waals surface area contributed by atoms with E-state index in [1.54, 1.807) is 35.4 Å². The van der Waals surface area contributed by atoms with E-state index in [1.807, 2.05) is 0 Å². The van der Waals surface area contributed by atoms with Gasteiger partial charge in [0.1, 0.15) is 5.69 Å². The largest absolute Gasteiger partial charge is 0.337 e. The summed E-state index contributed by atoms with van der Waals surface area (Å²) < 4.78 is 28.5. The van der Waals surface area contributed by atoms with Crippen LogP contribution in [0, 0.1) is 11.6 Å². The minimum atomic E-state index is -1.04. The zero-order chi connectivity index (χ0) is 23.1. The van der Waals surface area contributed by atoms with E-state index in [0.29, 0.717) is 29.7 Å². The highest BCUT2D eigenvalue weighted by Gasteiger charge is 2.22. The summed E-state index contributed by atoms with van der Waals surface area (Å²) in [6.45, 7) is 1.24. The first-order valence-corrected chi connectivity index (χ1v) is 10.5. The summed E-state index contributed by atoms with van der Waals surface area (Å²) in [5.41, 5.74) is 7.30. The third kappa shape index (κ3) is 4.00. The molecular formula is C23H20F2N6O2. The molecule has 33 heavy (non-hydrogen) atoms. The van der Waals surface area contributed by atoms with Crippen LogP contribution in [0.1, 0.15) is 23.2 Å². The molecule has 1 saturated heterocycles. The average molecular weight is 450 g/mol. The third-order valence-corrected chi connectivity index (χ3v) is 5.78. The molecule has 1 fully saturated rings. The lowest BCUT2D eigenvalue weighted by Gasteiger charge is -2.30. The first-order chi connectivity index (χ1) is 15.9. The number of piperidine rings is 1. The number of rotatable bonds is 3. The molecule has 0 unspecified atom stereocenters. The standard InChI is InChI=1S/C23H20F2N6O2/c24-18-9-14-8-17(22(32)27-20(14)10-19(18)25)21-12-31(29-28-21)16-5-3-13(4-6-16)23(33)30-7-1-2-15(26)11-30/h3-6,8-10,12,15H,1-2,7,11,26H2,(H,27,32)/t15-/m1/s1. The number of hydrogen-bond donors (Lipinski definition) is 2. The molecule has 0 saturated carbocycles. The van der Waals surface area contributed by atoms with Crippen molar-refractivity contribution in [3.05, 3.63) is 76.2 Å². The van der Waals surface area contributed by atoms with Crippen molar-refractivity contribution in [3.63, 3.8) is 0 Å². The Balaban J connectivity index is 1.41. The van der Waals surface area contributed by atoms with Gasteiger partial charge in [-0.05, 0) is 49.2 Å². The summed E-state index contributed by atoms with van der Waals surface area (Å²) in [5.74, 6) is -2.12. The third-order valence-electron chi connectivity index (χ3n) is 5.78. The lowest BCUT2D eigenvalue weighted by molar-refractivity contribution is 0.0709. The number of nitrogens with two attached hydrogens (primary N) is 1. The van der Waals surface area contributed by atoms with Gasteiger partial charge in [0.2, 0.25) is 0 Å². The highest BCUT2D eigenvalue weighted by molar-refractivity contribution is 5.94. The van der Waals surface area contributed by atoms with Crippen LogP contribution in [0.5, 0.6) is 0 Å². The Morgan fingerprint density at radius 2 is 1.88 bits per heavy atom. The molecule has 2 aromatic carbocycles. The summed E-state index contributed by atoms with van der Waals surface area (Å²) in [6, 6.07) is 10.3. The van der Waals surface area contributed by atoms with Crippen molar-refractivity contribution in [1.82, 2.24) is 24.9 Å². The lowest BCUT2D eigenvalue weighted by atomic mass is 10.1. The predicted molar refractivity (Wildman–Crippen MR) is 118 cm³/mol. The maximum atomic E-state index is 13.6. The summed E-state index contributed by atoms with van der Waals surface area (Å²) in [7, 11) is 0. The molecule has 10 heteroatoms. The van der Waals surface area contributed by atoms with Gasteiger partial charge in [-0.1, -0.05) is 5.21 Å². The fraction of sp³-hybridized carbons (Fsp3) is 0.217. The van der Waals surface area contributed by atoms with Gasteiger partial charge in [0.05, 0.1) is 23.0 Å². The molecule has 8 nitrogen and oxygen atoms in total. The van der Waals surface area contributed by atoms with E-state index >= 15 is 0 Å². The van der Waals surface area contributed by atoms with E-state index < -0.39 is 17.2 Å². The molecular weight excluding hydrogens is 430 g/mol. The van der Waals surface area contributed by atoms with Crippen molar-refractivity contribution >= 4 is 16.8 Å². The van der Waals surface area contributed by atoms with Gasteiger partial charge in [-0.2, -0.15) is 0 Å². The van der Waals surface area contributed by atoms with Crippen molar-refractivity contribution < 1.29 is 13.6 Å². The molecule has 1 aliphatic heterocycles.